The van der Waals surface area contributed by atoms with Gasteiger partial charge >= 0.3 is 12.4 Å². The number of halogens is 2. The average molecular weight is 286 g/mol. The van der Waals surface area contributed by atoms with Crippen LogP contribution in [0.2, 0.25) is 0 Å². The van der Waals surface area contributed by atoms with E-state index in [2.05, 4.69) is 9.47 Å². The molecule has 0 bridgehead atoms. The first-order valence-corrected chi connectivity index (χ1v) is 6.07. The molecule has 1 atom stereocenters. The summed E-state index contributed by atoms with van der Waals surface area (Å²) < 4.78 is 34.8. The molecule has 0 aromatic heterocycles. The maximum Gasteiger partial charge on any atom is 0.586 e. The van der Waals surface area contributed by atoms with Crippen molar-refractivity contribution >= 4 is 11.8 Å². The van der Waals surface area contributed by atoms with Crippen molar-refractivity contribution in [3.05, 3.63) is 17.7 Å². The molecule has 0 fully saturated rings. The number of alkyl halides is 2. The van der Waals surface area contributed by atoms with Gasteiger partial charge in [-0.2, -0.15) is 0 Å². The van der Waals surface area contributed by atoms with Crippen LogP contribution >= 0.6 is 0 Å². The minimum Gasteiger partial charge on any atom is -0.465 e. The molecule has 1 aromatic rings. The minimum atomic E-state index is -3.74. The van der Waals surface area contributed by atoms with Crippen LogP contribution in [0.15, 0.2) is 12.1 Å². The molecule has 2 aliphatic heterocycles. The second-order valence-corrected chi connectivity index (χ2v) is 4.71. The van der Waals surface area contributed by atoms with E-state index >= 15 is 0 Å². The third kappa shape index (κ3) is 2.01. The molecule has 0 aliphatic carbocycles. The molecule has 2 heterocycles. The summed E-state index contributed by atoms with van der Waals surface area (Å²) in [5.74, 6) is -0.314. The van der Waals surface area contributed by atoms with Gasteiger partial charge < -0.3 is 20.3 Å². The molecule has 6 nitrogen and oxygen atoms in total. The summed E-state index contributed by atoms with van der Waals surface area (Å²) in [6.07, 6.45) is -3.75. The zero-order chi connectivity index (χ0) is 14.5. The van der Waals surface area contributed by atoms with Gasteiger partial charge in [-0.25, -0.2) is 4.79 Å². The molecule has 8 heteroatoms. The van der Waals surface area contributed by atoms with Crippen LogP contribution in [0.5, 0.6) is 11.5 Å². The molecule has 0 radical (unpaired) electrons. The Bertz CT molecular complexity index is 579. The van der Waals surface area contributed by atoms with Crippen LogP contribution in [0.3, 0.4) is 0 Å². The second-order valence-electron chi connectivity index (χ2n) is 4.71. The smallest absolute Gasteiger partial charge is 0.465 e. The Morgan fingerprint density at radius 3 is 2.70 bits per heavy atom. The molecule has 1 aromatic carbocycles. The fraction of sp³-hybridized carbons (Fsp3) is 0.417. The van der Waals surface area contributed by atoms with E-state index < -0.39 is 18.4 Å². The van der Waals surface area contributed by atoms with Crippen molar-refractivity contribution in [2.24, 2.45) is 5.73 Å². The molecule has 0 saturated heterocycles. The van der Waals surface area contributed by atoms with Crippen LogP contribution in [-0.2, 0) is 0 Å². The predicted octanol–water partition coefficient (Wildman–Crippen LogP) is 2.29. The number of hydrogen-bond donors (Lipinski definition) is 2. The van der Waals surface area contributed by atoms with Gasteiger partial charge in [-0.05, 0) is 24.5 Å². The van der Waals surface area contributed by atoms with Crippen molar-refractivity contribution in [3.63, 3.8) is 0 Å². The van der Waals surface area contributed by atoms with Crippen molar-refractivity contribution in [2.45, 2.75) is 25.2 Å². The number of carboxylic acid groups (broad SMARTS) is 1. The van der Waals surface area contributed by atoms with E-state index in [1.165, 1.54) is 12.1 Å². The van der Waals surface area contributed by atoms with Gasteiger partial charge in [0.2, 0.25) is 0 Å². The van der Waals surface area contributed by atoms with Crippen LogP contribution in [0.1, 0.15) is 24.4 Å². The van der Waals surface area contributed by atoms with Crippen molar-refractivity contribution < 1.29 is 28.2 Å². The number of rotatable bonds is 0. The van der Waals surface area contributed by atoms with Gasteiger partial charge in [0.15, 0.2) is 11.5 Å². The number of carbonyl (C=O) groups is 1. The van der Waals surface area contributed by atoms with Crippen LogP contribution in [0.25, 0.3) is 0 Å². The largest absolute Gasteiger partial charge is 0.586 e. The van der Waals surface area contributed by atoms with Gasteiger partial charge in [-0.3, -0.25) is 4.90 Å². The predicted molar refractivity (Wildman–Crippen MR) is 64.2 cm³/mol. The highest BCUT2D eigenvalue weighted by atomic mass is 19.3. The van der Waals surface area contributed by atoms with E-state index in [0.717, 1.165) is 4.90 Å². The molecule has 3 N–H and O–H groups in total. The molecule has 2 aliphatic rings. The van der Waals surface area contributed by atoms with E-state index in [9.17, 15) is 18.7 Å². The fourth-order valence-corrected chi connectivity index (χ4v) is 2.48. The Balaban J connectivity index is 2.12. The standard InChI is InChI=1S/C12H12F2N2O4/c13-12(14)19-9-4-6-7(15)2-1-3-16(11(17)18)8(6)5-10(9)20-12/h4-5,7H,1-3,15H2,(H,17,18)/t7-/m0/s1. The summed E-state index contributed by atoms with van der Waals surface area (Å²) >= 11 is 0. The first-order valence-electron chi connectivity index (χ1n) is 6.07. The lowest BCUT2D eigenvalue weighted by Gasteiger charge is -2.20. The molecular formula is C12H12F2N2O4. The Labute approximate surface area is 112 Å². The number of nitrogens with two attached hydrogens (primary N) is 1. The number of nitrogens with zero attached hydrogens (tertiary/aromatic N) is 1. The van der Waals surface area contributed by atoms with Gasteiger partial charge in [0.25, 0.3) is 0 Å². The Morgan fingerprint density at radius 1 is 1.40 bits per heavy atom. The highest BCUT2D eigenvalue weighted by Crippen LogP contribution is 2.46. The third-order valence-electron chi connectivity index (χ3n) is 3.37. The fourth-order valence-electron chi connectivity index (χ4n) is 2.48. The lowest BCUT2D eigenvalue weighted by Crippen LogP contribution is -2.30. The molecule has 20 heavy (non-hydrogen) atoms. The molecule has 108 valence electrons. The molecule has 1 amide bonds. The number of amides is 1. The SMILES string of the molecule is N[C@H]1CCCN(C(=O)O)c2cc3c(cc21)OC(F)(F)O3. The molecule has 0 spiro atoms. The van der Waals surface area contributed by atoms with Crippen molar-refractivity contribution in [3.8, 4) is 11.5 Å². The summed E-state index contributed by atoms with van der Waals surface area (Å²) in [7, 11) is 0. The van der Waals surface area contributed by atoms with Crippen LogP contribution in [0, 0.1) is 0 Å². The topological polar surface area (TPSA) is 85.0 Å². The maximum absolute atomic E-state index is 13.1. The maximum atomic E-state index is 13.1. The van der Waals surface area contributed by atoms with Gasteiger partial charge in [-0.1, -0.05) is 0 Å². The monoisotopic (exact) mass is 286 g/mol. The summed E-state index contributed by atoms with van der Waals surface area (Å²) in [6.45, 7) is 0.256. The van der Waals surface area contributed by atoms with Crippen molar-refractivity contribution in [2.75, 3.05) is 11.4 Å². The highest BCUT2D eigenvalue weighted by Gasteiger charge is 2.44. The first-order chi connectivity index (χ1) is 9.37. The molecular weight excluding hydrogens is 274 g/mol. The van der Waals surface area contributed by atoms with Crippen LogP contribution in [0.4, 0.5) is 19.3 Å². The number of anilines is 1. The normalized spacial score (nSPS) is 23.1. The number of hydrogen-bond acceptors (Lipinski definition) is 4. The van der Waals surface area contributed by atoms with Crippen molar-refractivity contribution in [1.82, 2.24) is 0 Å². The summed E-state index contributed by atoms with van der Waals surface area (Å²) in [4.78, 5) is 12.4. The first kappa shape index (κ1) is 12.9. The van der Waals surface area contributed by atoms with E-state index in [-0.39, 0.29) is 23.7 Å². The Morgan fingerprint density at radius 2 is 2.05 bits per heavy atom. The average Bonchev–Trinajstić information content (AvgIpc) is 2.55. The lowest BCUT2D eigenvalue weighted by atomic mass is 10.0. The highest BCUT2D eigenvalue weighted by molar-refractivity contribution is 5.88. The van der Waals surface area contributed by atoms with E-state index in [1.54, 1.807) is 0 Å². The van der Waals surface area contributed by atoms with Crippen LogP contribution < -0.4 is 20.1 Å². The summed E-state index contributed by atoms with van der Waals surface area (Å²) in [6, 6.07) is 2.14. The van der Waals surface area contributed by atoms with Gasteiger partial charge in [0.1, 0.15) is 0 Å². The number of fused-ring (bicyclic) bond motifs is 2. The minimum absolute atomic E-state index is 0.128. The Kier molecular flexibility index (Phi) is 2.72. The van der Waals surface area contributed by atoms with E-state index in [0.29, 0.717) is 18.4 Å². The quantitative estimate of drug-likeness (QED) is 0.764. The van der Waals surface area contributed by atoms with E-state index in [4.69, 9.17) is 5.73 Å². The number of ether oxygens (including phenoxy) is 2. The lowest BCUT2D eigenvalue weighted by molar-refractivity contribution is -0.286. The number of benzene rings is 1. The van der Waals surface area contributed by atoms with Gasteiger partial charge in [-0.15, -0.1) is 8.78 Å². The van der Waals surface area contributed by atoms with Gasteiger partial charge in [0.05, 0.1) is 5.69 Å². The van der Waals surface area contributed by atoms with Crippen LogP contribution in [-0.4, -0.2) is 24.0 Å². The van der Waals surface area contributed by atoms with Gasteiger partial charge in [0, 0.05) is 18.7 Å². The molecule has 0 saturated carbocycles. The second kappa shape index (κ2) is 4.20. The third-order valence-corrected chi connectivity index (χ3v) is 3.37. The van der Waals surface area contributed by atoms with Crippen molar-refractivity contribution in [1.29, 1.82) is 0 Å². The Hall–Kier alpha value is -2.09. The molecule has 0 unspecified atom stereocenters. The molecule has 3 rings (SSSR count). The van der Waals surface area contributed by atoms with E-state index in [1.807, 2.05) is 0 Å². The zero-order valence-electron chi connectivity index (χ0n) is 10.3. The zero-order valence-corrected chi connectivity index (χ0v) is 10.3. The summed E-state index contributed by atoms with van der Waals surface area (Å²) in [5.41, 5.74) is 6.70. The summed E-state index contributed by atoms with van der Waals surface area (Å²) in [5, 5.41) is 9.21.